The molecule has 2 nitrogen and oxygen atoms in total. The van der Waals surface area contributed by atoms with E-state index in [-0.39, 0.29) is 0 Å². The zero-order valence-electron chi connectivity index (χ0n) is 22.6. The van der Waals surface area contributed by atoms with Crippen molar-refractivity contribution in [3.8, 4) is 54.5 Å². The van der Waals surface area contributed by atoms with E-state index in [0.717, 1.165) is 32.2 Å². The second-order valence-corrected chi connectivity index (χ2v) is 12.3. The molecule has 0 fully saturated rings. The molecule has 6 aromatic carbocycles. The molecule has 0 amide bonds. The number of aromatic nitrogens is 2. The van der Waals surface area contributed by atoms with Gasteiger partial charge in [0.1, 0.15) is 10.0 Å². The smallest absolute Gasteiger partial charge is 0.124 e. The monoisotopic (exact) mass is 572 g/mol. The molecule has 0 aliphatic heterocycles. The quantitative estimate of drug-likeness (QED) is 0.205. The Hall–Kier alpha value is -4.90. The zero-order valence-corrected chi connectivity index (χ0v) is 24.2. The highest BCUT2D eigenvalue weighted by Gasteiger charge is 2.16. The fourth-order valence-corrected chi connectivity index (χ4v) is 7.47. The van der Waals surface area contributed by atoms with Gasteiger partial charge in [0, 0.05) is 11.1 Å². The largest absolute Gasteiger partial charge is 0.236 e. The molecule has 4 heteroatoms. The summed E-state index contributed by atoms with van der Waals surface area (Å²) in [4.78, 5) is 9.74. The molecular formula is C38H24N2S2. The number of nitrogens with zero attached hydrogens (tertiary/aromatic N) is 2. The number of benzene rings is 6. The summed E-state index contributed by atoms with van der Waals surface area (Å²) in [5.41, 5.74) is 11.6. The Morgan fingerprint density at radius 3 is 1.29 bits per heavy atom. The molecule has 42 heavy (non-hydrogen) atoms. The van der Waals surface area contributed by atoms with Crippen LogP contribution in [0, 0.1) is 0 Å². The molecular weight excluding hydrogens is 549 g/mol. The van der Waals surface area contributed by atoms with Crippen molar-refractivity contribution < 1.29 is 0 Å². The molecule has 0 unspecified atom stereocenters. The van der Waals surface area contributed by atoms with Gasteiger partial charge in [-0.2, -0.15) is 0 Å². The van der Waals surface area contributed by atoms with E-state index < -0.39 is 0 Å². The summed E-state index contributed by atoms with van der Waals surface area (Å²) >= 11 is 3.47. The molecule has 0 aliphatic rings. The summed E-state index contributed by atoms with van der Waals surface area (Å²) in [5, 5.41) is 2.09. The number of hydrogen-bond acceptors (Lipinski definition) is 4. The lowest BCUT2D eigenvalue weighted by Crippen LogP contribution is -1.91. The molecule has 0 N–H and O–H groups in total. The molecule has 0 saturated heterocycles. The van der Waals surface area contributed by atoms with E-state index >= 15 is 0 Å². The summed E-state index contributed by atoms with van der Waals surface area (Å²) < 4.78 is 2.42. The molecule has 8 rings (SSSR count). The molecule has 198 valence electrons. The van der Waals surface area contributed by atoms with Gasteiger partial charge in [-0.05, 0) is 57.6 Å². The van der Waals surface area contributed by atoms with Gasteiger partial charge in [-0.1, -0.05) is 121 Å². The van der Waals surface area contributed by atoms with Gasteiger partial charge < -0.3 is 0 Å². The van der Waals surface area contributed by atoms with Gasteiger partial charge >= 0.3 is 0 Å². The highest BCUT2D eigenvalue weighted by molar-refractivity contribution is 7.22. The maximum Gasteiger partial charge on any atom is 0.124 e. The Balaban J connectivity index is 1.22. The predicted molar refractivity (Wildman–Crippen MR) is 180 cm³/mol. The molecule has 0 spiro atoms. The van der Waals surface area contributed by atoms with Gasteiger partial charge in [-0.25, -0.2) is 9.97 Å². The number of para-hydroxylation sites is 2. The third-order valence-electron chi connectivity index (χ3n) is 7.60. The van der Waals surface area contributed by atoms with E-state index in [0.29, 0.717) is 0 Å². The van der Waals surface area contributed by atoms with Crippen LogP contribution in [0.25, 0.3) is 75.0 Å². The van der Waals surface area contributed by atoms with Gasteiger partial charge in [-0.3, -0.25) is 0 Å². The van der Waals surface area contributed by atoms with Crippen LogP contribution in [0.5, 0.6) is 0 Å². The van der Waals surface area contributed by atoms with Crippen LogP contribution in [0.3, 0.4) is 0 Å². The molecule has 0 radical (unpaired) electrons. The lowest BCUT2D eigenvalue weighted by molar-refractivity contribution is 1.47. The number of rotatable bonds is 5. The van der Waals surface area contributed by atoms with Crippen LogP contribution in [0.4, 0.5) is 0 Å². The molecule has 0 aliphatic carbocycles. The third kappa shape index (κ3) is 4.51. The normalized spacial score (nSPS) is 11.3. The molecule has 2 heterocycles. The van der Waals surface area contributed by atoms with Crippen LogP contribution in [0.2, 0.25) is 0 Å². The first-order valence-corrected chi connectivity index (χ1v) is 15.5. The lowest BCUT2D eigenvalue weighted by Gasteiger charge is -2.17. The van der Waals surface area contributed by atoms with Gasteiger partial charge in [0.25, 0.3) is 0 Å². The van der Waals surface area contributed by atoms with E-state index in [1.54, 1.807) is 22.7 Å². The van der Waals surface area contributed by atoms with E-state index in [9.17, 15) is 0 Å². The van der Waals surface area contributed by atoms with Crippen LogP contribution in [-0.2, 0) is 0 Å². The molecule has 8 aromatic rings. The maximum atomic E-state index is 4.88. The predicted octanol–water partition coefficient (Wildman–Crippen LogP) is 11.2. The van der Waals surface area contributed by atoms with Gasteiger partial charge in [0.05, 0.1) is 20.4 Å². The minimum absolute atomic E-state index is 1.05. The lowest BCUT2D eigenvalue weighted by atomic mass is 9.87. The molecule has 0 saturated carbocycles. The molecule has 2 aromatic heterocycles. The highest BCUT2D eigenvalue weighted by atomic mass is 32.1. The van der Waals surface area contributed by atoms with Crippen LogP contribution < -0.4 is 0 Å². The first-order valence-electron chi connectivity index (χ1n) is 13.9. The Labute approximate surface area is 252 Å². The van der Waals surface area contributed by atoms with Crippen molar-refractivity contribution >= 4 is 43.1 Å². The Morgan fingerprint density at radius 1 is 0.333 bits per heavy atom. The Kier molecular flexibility index (Phi) is 6.21. The minimum atomic E-state index is 1.05. The van der Waals surface area contributed by atoms with Crippen LogP contribution >= 0.6 is 22.7 Å². The summed E-state index contributed by atoms with van der Waals surface area (Å²) in [7, 11) is 0. The fraction of sp³-hybridized carbons (Fsp3) is 0. The number of fused-ring (bicyclic) bond motifs is 2. The summed E-state index contributed by atoms with van der Waals surface area (Å²) in [6.07, 6.45) is 0. The standard InChI is InChI=1S/C38H24N2S2/c1-2-9-25(10-3-1)30-11-8-12-31(26-17-21-28(22-18-26)37-39-32-13-4-6-15-34(32)41-37)36(30)27-19-23-29(24-20-27)38-40-33-14-5-7-16-35(33)42-38/h1-24H. The Bertz CT molecular complexity index is 2110. The fourth-order valence-electron chi connectivity index (χ4n) is 5.53. The second-order valence-electron chi connectivity index (χ2n) is 10.2. The SMILES string of the molecule is c1ccc(-c2cccc(-c3ccc(-c4nc5ccccc5s4)cc3)c2-c2ccc(-c3nc4ccccc4s3)cc2)cc1. The van der Waals surface area contributed by atoms with Gasteiger partial charge in [-0.15, -0.1) is 22.7 Å². The van der Waals surface area contributed by atoms with E-state index in [4.69, 9.17) is 9.97 Å². The summed E-state index contributed by atoms with van der Waals surface area (Å²) in [6.45, 7) is 0. The van der Waals surface area contributed by atoms with Crippen molar-refractivity contribution in [3.63, 3.8) is 0 Å². The van der Waals surface area contributed by atoms with E-state index in [2.05, 4.69) is 133 Å². The highest BCUT2D eigenvalue weighted by Crippen LogP contribution is 2.42. The van der Waals surface area contributed by atoms with Gasteiger partial charge in [0.2, 0.25) is 0 Å². The third-order valence-corrected chi connectivity index (χ3v) is 9.77. The van der Waals surface area contributed by atoms with Crippen molar-refractivity contribution in [2.75, 3.05) is 0 Å². The average Bonchev–Trinajstić information content (AvgIpc) is 3.70. The van der Waals surface area contributed by atoms with Crippen molar-refractivity contribution in [2.45, 2.75) is 0 Å². The summed E-state index contributed by atoms with van der Waals surface area (Å²) in [6, 6.07) is 51.7. The molecule has 0 bridgehead atoms. The first-order chi connectivity index (χ1) is 20.8. The topological polar surface area (TPSA) is 25.8 Å². The van der Waals surface area contributed by atoms with Crippen molar-refractivity contribution in [2.24, 2.45) is 0 Å². The summed E-state index contributed by atoms with van der Waals surface area (Å²) in [5.74, 6) is 0. The van der Waals surface area contributed by atoms with Gasteiger partial charge in [0.15, 0.2) is 0 Å². The molecule has 0 atom stereocenters. The van der Waals surface area contributed by atoms with Crippen molar-refractivity contribution in [3.05, 3.63) is 146 Å². The van der Waals surface area contributed by atoms with Crippen LogP contribution in [0.1, 0.15) is 0 Å². The average molecular weight is 573 g/mol. The van der Waals surface area contributed by atoms with Crippen molar-refractivity contribution in [1.29, 1.82) is 0 Å². The number of thiazole rings is 2. The maximum absolute atomic E-state index is 4.88. The first kappa shape index (κ1) is 24.9. The zero-order chi connectivity index (χ0) is 27.9. The Morgan fingerprint density at radius 2 is 0.762 bits per heavy atom. The minimum Gasteiger partial charge on any atom is -0.236 e. The second kappa shape index (κ2) is 10.5. The van der Waals surface area contributed by atoms with Crippen LogP contribution in [0.15, 0.2) is 146 Å². The van der Waals surface area contributed by atoms with Crippen LogP contribution in [-0.4, -0.2) is 9.97 Å². The number of hydrogen-bond donors (Lipinski definition) is 0. The van der Waals surface area contributed by atoms with E-state index in [1.807, 2.05) is 12.1 Å². The van der Waals surface area contributed by atoms with E-state index in [1.165, 1.54) is 42.8 Å². The van der Waals surface area contributed by atoms with Crippen molar-refractivity contribution in [1.82, 2.24) is 9.97 Å².